The Labute approximate surface area is 150 Å². The molecule has 1 N–H and O–H groups in total. The molecular weight excluding hydrogens is 340 g/mol. The van der Waals surface area contributed by atoms with Gasteiger partial charge < -0.3 is 5.32 Å². The van der Waals surface area contributed by atoms with Crippen LogP contribution < -0.4 is 5.32 Å². The number of carbonyl (C=O) groups excluding carboxylic acids is 1. The van der Waals surface area contributed by atoms with Gasteiger partial charge in [-0.3, -0.25) is 9.78 Å². The normalized spacial score (nSPS) is 11.9. The highest BCUT2D eigenvalue weighted by Crippen LogP contribution is 2.25. The number of thiophene rings is 1. The Hall–Kier alpha value is -2.17. The van der Waals surface area contributed by atoms with Gasteiger partial charge in [0.15, 0.2) is 0 Å². The summed E-state index contributed by atoms with van der Waals surface area (Å²) < 4.78 is 0. The van der Waals surface area contributed by atoms with E-state index in [1.54, 1.807) is 23.7 Å². The van der Waals surface area contributed by atoms with Crippen molar-refractivity contribution in [1.82, 2.24) is 10.3 Å². The lowest BCUT2D eigenvalue weighted by atomic mass is 9.94. The first-order valence-electron chi connectivity index (χ1n) is 7.67. The van der Waals surface area contributed by atoms with Crippen molar-refractivity contribution in [2.45, 2.75) is 18.9 Å². The number of pyridine rings is 1. The average molecular weight is 357 g/mol. The van der Waals surface area contributed by atoms with Crippen molar-refractivity contribution in [1.29, 1.82) is 0 Å². The molecule has 2 aromatic heterocycles. The van der Waals surface area contributed by atoms with E-state index in [1.165, 1.54) is 4.88 Å². The predicted molar refractivity (Wildman–Crippen MR) is 98.3 cm³/mol. The fourth-order valence-corrected chi connectivity index (χ4v) is 3.38. The van der Waals surface area contributed by atoms with Gasteiger partial charge in [-0.15, -0.1) is 11.3 Å². The molecule has 0 radical (unpaired) electrons. The van der Waals surface area contributed by atoms with E-state index in [0.717, 1.165) is 11.1 Å². The second-order valence-electron chi connectivity index (χ2n) is 5.46. The van der Waals surface area contributed by atoms with Gasteiger partial charge in [0.05, 0.1) is 5.92 Å². The Morgan fingerprint density at radius 3 is 2.54 bits per heavy atom. The summed E-state index contributed by atoms with van der Waals surface area (Å²) in [5.41, 5.74) is 2.00. The summed E-state index contributed by atoms with van der Waals surface area (Å²) in [6, 6.07) is 15.4. The van der Waals surface area contributed by atoms with Crippen LogP contribution in [0.2, 0.25) is 5.02 Å². The predicted octanol–water partition coefficient (Wildman–Crippen LogP) is 4.44. The monoisotopic (exact) mass is 356 g/mol. The Kier molecular flexibility index (Phi) is 5.62. The van der Waals surface area contributed by atoms with E-state index in [-0.39, 0.29) is 11.8 Å². The molecule has 0 saturated carbocycles. The van der Waals surface area contributed by atoms with Crippen LogP contribution in [-0.4, -0.2) is 10.9 Å². The molecule has 1 amide bonds. The van der Waals surface area contributed by atoms with Gasteiger partial charge in [0.25, 0.3) is 0 Å². The first-order chi connectivity index (χ1) is 11.7. The Balaban J connectivity index is 1.75. The van der Waals surface area contributed by atoms with E-state index >= 15 is 0 Å². The zero-order chi connectivity index (χ0) is 16.8. The first kappa shape index (κ1) is 16.7. The van der Waals surface area contributed by atoms with Gasteiger partial charge in [-0.2, -0.15) is 0 Å². The Bertz CT molecular complexity index is 773. The maximum absolute atomic E-state index is 12.8. The minimum Gasteiger partial charge on any atom is -0.351 e. The van der Waals surface area contributed by atoms with Gasteiger partial charge in [-0.25, -0.2) is 0 Å². The number of benzene rings is 1. The topological polar surface area (TPSA) is 42.0 Å². The summed E-state index contributed by atoms with van der Waals surface area (Å²) in [6.07, 6.45) is 4.13. The molecule has 24 heavy (non-hydrogen) atoms. The fourth-order valence-electron chi connectivity index (χ4n) is 2.50. The van der Waals surface area contributed by atoms with Crippen LogP contribution in [-0.2, 0) is 17.8 Å². The highest BCUT2D eigenvalue weighted by Gasteiger charge is 2.21. The van der Waals surface area contributed by atoms with Gasteiger partial charge in [-0.05, 0) is 53.3 Å². The SMILES string of the molecule is O=C(NCc1ccncc1)C(Cc1cccs1)c1ccc(Cl)cc1. The van der Waals surface area contributed by atoms with Crippen LogP contribution >= 0.6 is 22.9 Å². The van der Waals surface area contributed by atoms with E-state index in [4.69, 9.17) is 11.6 Å². The zero-order valence-corrected chi connectivity index (χ0v) is 14.6. The molecular formula is C19H17ClN2OS. The van der Waals surface area contributed by atoms with Crippen molar-refractivity contribution in [3.05, 3.63) is 87.3 Å². The van der Waals surface area contributed by atoms with E-state index in [1.807, 2.05) is 47.8 Å². The largest absolute Gasteiger partial charge is 0.351 e. The molecule has 1 unspecified atom stereocenters. The quantitative estimate of drug-likeness (QED) is 0.709. The summed E-state index contributed by atoms with van der Waals surface area (Å²) in [5, 5.41) is 5.73. The van der Waals surface area contributed by atoms with Gasteiger partial charge in [0.2, 0.25) is 5.91 Å². The fraction of sp³-hybridized carbons (Fsp3) is 0.158. The van der Waals surface area contributed by atoms with E-state index < -0.39 is 0 Å². The Morgan fingerprint density at radius 2 is 1.88 bits per heavy atom. The summed E-state index contributed by atoms with van der Waals surface area (Å²) in [4.78, 5) is 18.0. The number of rotatable bonds is 6. The highest BCUT2D eigenvalue weighted by molar-refractivity contribution is 7.09. The van der Waals surface area contributed by atoms with Crippen LogP contribution in [0.3, 0.4) is 0 Å². The lowest BCUT2D eigenvalue weighted by Crippen LogP contribution is -2.30. The molecule has 0 aliphatic carbocycles. The minimum absolute atomic E-state index is 0.0162. The lowest BCUT2D eigenvalue weighted by Gasteiger charge is -2.17. The van der Waals surface area contributed by atoms with Crippen LogP contribution in [0.25, 0.3) is 0 Å². The van der Waals surface area contributed by atoms with Crippen molar-refractivity contribution < 1.29 is 4.79 Å². The summed E-state index contributed by atoms with van der Waals surface area (Å²) >= 11 is 7.64. The van der Waals surface area contributed by atoms with Crippen LogP contribution in [0, 0.1) is 0 Å². The molecule has 0 aliphatic rings. The number of nitrogens with one attached hydrogen (secondary N) is 1. The number of hydrogen-bond acceptors (Lipinski definition) is 3. The molecule has 5 heteroatoms. The lowest BCUT2D eigenvalue weighted by molar-refractivity contribution is -0.122. The number of aromatic nitrogens is 1. The molecule has 3 nitrogen and oxygen atoms in total. The van der Waals surface area contributed by atoms with Gasteiger partial charge in [-0.1, -0.05) is 29.8 Å². The molecule has 0 spiro atoms. The molecule has 3 aromatic rings. The summed E-state index contributed by atoms with van der Waals surface area (Å²) in [6.45, 7) is 0.496. The Morgan fingerprint density at radius 1 is 1.12 bits per heavy atom. The maximum atomic E-state index is 12.8. The molecule has 0 fully saturated rings. The van der Waals surface area contributed by atoms with E-state index in [9.17, 15) is 4.79 Å². The molecule has 122 valence electrons. The molecule has 1 atom stereocenters. The van der Waals surface area contributed by atoms with Crippen LogP contribution in [0.5, 0.6) is 0 Å². The average Bonchev–Trinajstić information content (AvgIpc) is 3.13. The van der Waals surface area contributed by atoms with Crippen molar-refractivity contribution in [3.8, 4) is 0 Å². The molecule has 2 heterocycles. The standard InChI is InChI=1S/C19H17ClN2OS/c20-16-5-3-15(4-6-16)18(12-17-2-1-11-24-17)19(23)22-13-14-7-9-21-10-8-14/h1-11,18H,12-13H2,(H,22,23). The van der Waals surface area contributed by atoms with Crippen molar-refractivity contribution in [2.75, 3.05) is 0 Å². The van der Waals surface area contributed by atoms with Crippen LogP contribution in [0.4, 0.5) is 0 Å². The van der Waals surface area contributed by atoms with E-state index in [2.05, 4.69) is 16.4 Å². The number of hydrogen-bond donors (Lipinski definition) is 1. The minimum atomic E-state index is -0.234. The third-order valence-electron chi connectivity index (χ3n) is 3.79. The second-order valence-corrected chi connectivity index (χ2v) is 6.93. The van der Waals surface area contributed by atoms with Crippen molar-refractivity contribution in [2.24, 2.45) is 0 Å². The van der Waals surface area contributed by atoms with Gasteiger partial charge in [0.1, 0.15) is 0 Å². The molecule has 1 aromatic carbocycles. The second kappa shape index (κ2) is 8.08. The van der Waals surface area contributed by atoms with Crippen molar-refractivity contribution in [3.63, 3.8) is 0 Å². The summed E-state index contributed by atoms with van der Waals surface area (Å²) in [7, 11) is 0. The molecule has 0 bridgehead atoms. The third-order valence-corrected chi connectivity index (χ3v) is 4.94. The van der Waals surface area contributed by atoms with Crippen LogP contribution in [0.15, 0.2) is 66.3 Å². The smallest absolute Gasteiger partial charge is 0.228 e. The molecule has 3 rings (SSSR count). The zero-order valence-electron chi connectivity index (χ0n) is 13.0. The van der Waals surface area contributed by atoms with Gasteiger partial charge in [0, 0.05) is 28.8 Å². The van der Waals surface area contributed by atoms with Crippen LogP contribution in [0.1, 0.15) is 21.9 Å². The van der Waals surface area contributed by atoms with E-state index in [0.29, 0.717) is 18.0 Å². The number of carbonyl (C=O) groups is 1. The molecule has 0 aliphatic heterocycles. The maximum Gasteiger partial charge on any atom is 0.228 e. The number of amides is 1. The van der Waals surface area contributed by atoms with Gasteiger partial charge >= 0.3 is 0 Å². The van der Waals surface area contributed by atoms with Crippen molar-refractivity contribution >= 4 is 28.8 Å². The number of halogens is 1. The molecule has 0 saturated heterocycles. The highest BCUT2D eigenvalue weighted by atomic mass is 35.5. The first-order valence-corrected chi connectivity index (χ1v) is 8.92. The number of nitrogens with zero attached hydrogens (tertiary/aromatic N) is 1. The summed E-state index contributed by atoms with van der Waals surface area (Å²) in [5.74, 6) is -0.217. The third kappa shape index (κ3) is 4.43.